The second kappa shape index (κ2) is 4.66. The van der Waals surface area contributed by atoms with Crippen molar-refractivity contribution in [3.05, 3.63) is 17.2 Å². The molecular weight excluding hydrogens is 245 g/mol. The SMILES string of the molecule is CC1(C)OB(C(=Cc2cn[nH]c2N)CO)OC1(C)C. The standard InChI is InChI=1S/C12H20BN3O3/c1-11(2)12(3,4)19-13(18-11)9(7-17)5-8-6-15-16-10(8)14/h5-6,17H,7H2,1-4H3,(H3,14,15,16). The van der Waals surface area contributed by atoms with Crippen molar-refractivity contribution in [2.75, 3.05) is 12.3 Å². The number of nitrogen functional groups attached to an aromatic ring is 1. The summed E-state index contributed by atoms with van der Waals surface area (Å²) >= 11 is 0. The molecule has 1 fully saturated rings. The number of nitrogens with two attached hydrogens (primary N) is 1. The molecule has 7 heteroatoms. The lowest BCUT2D eigenvalue weighted by molar-refractivity contribution is 0.00578. The van der Waals surface area contributed by atoms with Gasteiger partial charge in [0, 0.05) is 5.56 Å². The summed E-state index contributed by atoms with van der Waals surface area (Å²) in [5, 5.41) is 16.0. The number of hydrogen-bond donors (Lipinski definition) is 3. The molecule has 0 atom stereocenters. The summed E-state index contributed by atoms with van der Waals surface area (Å²) in [5.41, 5.74) is 6.17. The Morgan fingerprint density at radius 1 is 1.42 bits per heavy atom. The van der Waals surface area contributed by atoms with Crippen molar-refractivity contribution in [1.82, 2.24) is 10.2 Å². The fraction of sp³-hybridized carbons (Fsp3) is 0.583. The number of hydrogen-bond acceptors (Lipinski definition) is 5. The number of aromatic nitrogens is 2. The average molecular weight is 265 g/mol. The van der Waals surface area contributed by atoms with Crippen LogP contribution in [-0.2, 0) is 9.31 Å². The largest absolute Gasteiger partial charge is 0.492 e. The van der Waals surface area contributed by atoms with Gasteiger partial charge < -0.3 is 20.1 Å². The molecule has 1 aliphatic heterocycles. The van der Waals surface area contributed by atoms with E-state index in [1.807, 2.05) is 27.7 Å². The second-order valence-corrected chi connectivity index (χ2v) is 5.70. The molecule has 1 aliphatic rings. The predicted octanol–water partition coefficient (Wildman–Crippen LogP) is 0.999. The minimum absolute atomic E-state index is 0.165. The van der Waals surface area contributed by atoms with Crippen LogP contribution in [0.2, 0.25) is 0 Å². The molecule has 0 bridgehead atoms. The Balaban J connectivity index is 2.26. The summed E-state index contributed by atoms with van der Waals surface area (Å²) in [6.07, 6.45) is 3.33. The highest BCUT2D eigenvalue weighted by atomic mass is 16.7. The maximum Gasteiger partial charge on any atom is 0.492 e. The van der Waals surface area contributed by atoms with E-state index in [2.05, 4.69) is 10.2 Å². The average Bonchev–Trinajstić information content (AvgIpc) is 2.78. The van der Waals surface area contributed by atoms with Crippen LogP contribution in [0.5, 0.6) is 0 Å². The molecular formula is C12H20BN3O3. The number of H-pyrrole nitrogens is 1. The highest BCUT2D eigenvalue weighted by molar-refractivity contribution is 6.55. The number of aromatic amines is 1. The first kappa shape index (κ1) is 14.1. The van der Waals surface area contributed by atoms with Gasteiger partial charge in [0.15, 0.2) is 0 Å². The predicted molar refractivity (Wildman–Crippen MR) is 74.1 cm³/mol. The summed E-state index contributed by atoms with van der Waals surface area (Å²) in [5.74, 6) is 0.447. The highest BCUT2D eigenvalue weighted by Gasteiger charge is 2.52. The van der Waals surface area contributed by atoms with Crippen LogP contribution >= 0.6 is 0 Å². The van der Waals surface area contributed by atoms with E-state index in [-0.39, 0.29) is 6.61 Å². The number of nitrogens with zero attached hydrogens (tertiary/aromatic N) is 1. The van der Waals surface area contributed by atoms with Crippen LogP contribution in [0.3, 0.4) is 0 Å². The quantitative estimate of drug-likeness (QED) is 0.709. The summed E-state index contributed by atoms with van der Waals surface area (Å²) in [6, 6.07) is 0. The maximum absolute atomic E-state index is 9.52. The summed E-state index contributed by atoms with van der Waals surface area (Å²) in [4.78, 5) is 0. The van der Waals surface area contributed by atoms with Gasteiger partial charge in [-0.25, -0.2) is 0 Å². The molecule has 1 saturated heterocycles. The molecule has 0 spiro atoms. The smallest absolute Gasteiger partial charge is 0.400 e. The van der Waals surface area contributed by atoms with E-state index in [0.29, 0.717) is 16.9 Å². The lowest BCUT2D eigenvalue weighted by Gasteiger charge is -2.32. The molecule has 0 saturated carbocycles. The third-order valence-corrected chi connectivity index (χ3v) is 3.78. The molecule has 0 amide bonds. The monoisotopic (exact) mass is 265 g/mol. The Morgan fingerprint density at radius 2 is 2.00 bits per heavy atom. The van der Waals surface area contributed by atoms with E-state index in [0.717, 1.165) is 0 Å². The Labute approximate surface area is 113 Å². The van der Waals surface area contributed by atoms with Gasteiger partial charge in [-0.3, -0.25) is 5.10 Å². The van der Waals surface area contributed by atoms with E-state index in [1.54, 1.807) is 12.3 Å². The molecule has 0 aromatic carbocycles. The van der Waals surface area contributed by atoms with Crippen LogP contribution in [0.15, 0.2) is 11.7 Å². The first-order chi connectivity index (χ1) is 8.77. The van der Waals surface area contributed by atoms with E-state index in [1.165, 1.54) is 0 Å². The zero-order valence-corrected chi connectivity index (χ0v) is 11.7. The minimum Gasteiger partial charge on any atom is -0.400 e. The zero-order chi connectivity index (χ0) is 14.3. The molecule has 0 radical (unpaired) electrons. The van der Waals surface area contributed by atoms with Crippen LogP contribution in [0.1, 0.15) is 33.3 Å². The lowest BCUT2D eigenvalue weighted by atomic mass is 9.77. The summed E-state index contributed by atoms with van der Waals surface area (Å²) in [6.45, 7) is 7.70. The first-order valence-electron chi connectivity index (χ1n) is 6.22. The Bertz CT molecular complexity index is 480. The maximum atomic E-state index is 9.52. The van der Waals surface area contributed by atoms with Gasteiger partial charge in [-0.15, -0.1) is 0 Å². The molecule has 1 aromatic rings. The normalized spacial score (nSPS) is 21.9. The van der Waals surface area contributed by atoms with Crippen LogP contribution in [0, 0.1) is 0 Å². The van der Waals surface area contributed by atoms with Crippen LogP contribution in [-0.4, -0.2) is 40.2 Å². The summed E-state index contributed by atoms with van der Waals surface area (Å²) in [7, 11) is -0.579. The van der Waals surface area contributed by atoms with Crippen molar-refractivity contribution in [3.8, 4) is 0 Å². The molecule has 2 heterocycles. The molecule has 2 rings (SSSR count). The van der Waals surface area contributed by atoms with Gasteiger partial charge in [-0.1, -0.05) is 6.08 Å². The zero-order valence-electron chi connectivity index (χ0n) is 11.7. The van der Waals surface area contributed by atoms with Crippen LogP contribution < -0.4 is 5.73 Å². The Morgan fingerprint density at radius 3 is 2.42 bits per heavy atom. The van der Waals surface area contributed by atoms with Gasteiger partial charge in [-0.05, 0) is 33.2 Å². The first-order valence-corrected chi connectivity index (χ1v) is 6.22. The van der Waals surface area contributed by atoms with Crippen molar-refractivity contribution in [2.45, 2.75) is 38.9 Å². The molecule has 4 N–H and O–H groups in total. The molecule has 104 valence electrons. The molecule has 1 aromatic heterocycles. The van der Waals surface area contributed by atoms with E-state index in [4.69, 9.17) is 15.0 Å². The second-order valence-electron chi connectivity index (χ2n) is 5.70. The third-order valence-electron chi connectivity index (χ3n) is 3.78. The third kappa shape index (κ3) is 2.54. The molecule has 0 unspecified atom stereocenters. The lowest BCUT2D eigenvalue weighted by Crippen LogP contribution is -2.41. The van der Waals surface area contributed by atoms with E-state index in [9.17, 15) is 5.11 Å². The van der Waals surface area contributed by atoms with E-state index < -0.39 is 18.3 Å². The van der Waals surface area contributed by atoms with Gasteiger partial charge in [-0.2, -0.15) is 5.10 Å². The topological polar surface area (TPSA) is 93.4 Å². The van der Waals surface area contributed by atoms with Gasteiger partial charge in [0.05, 0.1) is 24.0 Å². The van der Waals surface area contributed by atoms with E-state index >= 15 is 0 Å². The van der Waals surface area contributed by atoms with Gasteiger partial charge in [0.1, 0.15) is 5.82 Å². The summed E-state index contributed by atoms with van der Waals surface area (Å²) < 4.78 is 11.8. The highest BCUT2D eigenvalue weighted by Crippen LogP contribution is 2.38. The van der Waals surface area contributed by atoms with Crippen LogP contribution in [0.4, 0.5) is 5.82 Å². The number of nitrogens with one attached hydrogen (secondary N) is 1. The number of anilines is 1. The van der Waals surface area contributed by atoms with Crippen molar-refractivity contribution in [2.24, 2.45) is 0 Å². The van der Waals surface area contributed by atoms with Crippen molar-refractivity contribution < 1.29 is 14.4 Å². The number of aliphatic hydroxyl groups is 1. The fourth-order valence-electron chi connectivity index (χ4n) is 1.80. The Kier molecular flexibility index (Phi) is 3.46. The van der Waals surface area contributed by atoms with Crippen LogP contribution in [0.25, 0.3) is 6.08 Å². The molecule has 6 nitrogen and oxygen atoms in total. The van der Waals surface area contributed by atoms with Gasteiger partial charge in [0.25, 0.3) is 0 Å². The fourth-order valence-corrected chi connectivity index (χ4v) is 1.80. The van der Waals surface area contributed by atoms with Crippen molar-refractivity contribution >= 4 is 19.0 Å². The number of rotatable bonds is 3. The molecule has 0 aliphatic carbocycles. The minimum atomic E-state index is -0.579. The van der Waals surface area contributed by atoms with Crippen molar-refractivity contribution in [1.29, 1.82) is 0 Å². The van der Waals surface area contributed by atoms with Gasteiger partial charge >= 0.3 is 7.12 Å². The Hall–Kier alpha value is -1.31. The molecule has 19 heavy (non-hydrogen) atoms. The number of aliphatic hydroxyl groups excluding tert-OH is 1. The van der Waals surface area contributed by atoms with Crippen molar-refractivity contribution in [3.63, 3.8) is 0 Å². The van der Waals surface area contributed by atoms with Gasteiger partial charge in [0.2, 0.25) is 0 Å².